The molecule has 0 aromatic carbocycles. The third kappa shape index (κ3) is 2.57. The highest BCUT2D eigenvalue weighted by molar-refractivity contribution is 6.29. The van der Waals surface area contributed by atoms with Gasteiger partial charge in [-0.1, -0.05) is 11.6 Å². The maximum absolute atomic E-state index is 5.87. The second kappa shape index (κ2) is 5.25. The van der Waals surface area contributed by atoms with E-state index in [1.165, 1.54) is 18.5 Å². The number of piperidine rings is 1. The molecule has 1 fully saturated rings. The van der Waals surface area contributed by atoms with Crippen molar-refractivity contribution in [3.63, 3.8) is 0 Å². The first-order chi connectivity index (χ1) is 7.83. The van der Waals surface area contributed by atoms with E-state index < -0.39 is 0 Å². The lowest BCUT2D eigenvalue weighted by Crippen LogP contribution is -2.28. The molecule has 1 aliphatic rings. The lowest BCUT2D eigenvalue weighted by atomic mass is 9.96. The van der Waals surface area contributed by atoms with Crippen LogP contribution in [0.2, 0.25) is 5.15 Å². The summed E-state index contributed by atoms with van der Waals surface area (Å²) in [6.45, 7) is 2.20. The Labute approximate surface area is 111 Å². The highest BCUT2D eigenvalue weighted by Crippen LogP contribution is 2.26. The Balaban J connectivity index is 0.00000108. The average Bonchev–Trinajstić information content (AvgIpc) is 2.73. The summed E-state index contributed by atoms with van der Waals surface area (Å²) in [6.07, 6.45) is 2.49. The molecule has 3 nitrogen and oxygen atoms in total. The van der Waals surface area contributed by atoms with Crippen LogP contribution in [0, 0.1) is 0 Å². The summed E-state index contributed by atoms with van der Waals surface area (Å²) in [4.78, 5) is 7.65. The zero-order valence-corrected chi connectivity index (χ0v) is 10.9. The van der Waals surface area contributed by atoms with Gasteiger partial charge in [0.15, 0.2) is 0 Å². The van der Waals surface area contributed by atoms with Gasteiger partial charge in [-0.05, 0) is 37.6 Å². The summed E-state index contributed by atoms with van der Waals surface area (Å²) in [5.41, 5.74) is 2.17. The molecule has 2 aromatic heterocycles. The molecule has 17 heavy (non-hydrogen) atoms. The van der Waals surface area contributed by atoms with E-state index in [0.29, 0.717) is 11.1 Å². The van der Waals surface area contributed by atoms with Crippen LogP contribution < -0.4 is 5.32 Å². The minimum Gasteiger partial charge on any atom is -0.343 e. The number of aromatic nitrogens is 2. The van der Waals surface area contributed by atoms with E-state index in [9.17, 15) is 0 Å². The van der Waals surface area contributed by atoms with Gasteiger partial charge in [-0.25, -0.2) is 4.98 Å². The van der Waals surface area contributed by atoms with E-state index in [4.69, 9.17) is 11.6 Å². The van der Waals surface area contributed by atoms with Crippen molar-refractivity contribution in [3.05, 3.63) is 29.0 Å². The second-order valence-corrected chi connectivity index (χ2v) is 4.73. The Morgan fingerprint density at radius 3 is 3.00 bits per heavy atom. The molecule has 2 aromatic rings. The molecule has 92 valence electrons. The molecule has 0 aliphatic carbocycles. The number of H-pyrrole nitrogens is 1. The Morgan fingerprint density at radius 2 is 2.24 bits per heavy atom. The first-order valence-electron chi connectivity index (χ1n) is 5.69. The number of nitrogens with zero attached hydrogens (tertiary/aromatic N) is 1. The Hall–Kier alpha value is -0.770. The molecule has 0 amide bonds. The zero-order valence-electron chi connectivity index (χ0n) is 9.37. The number of aromatic amines is 1. The molecule has 3 rings (SSSR count). The largest absolute Gasteiger partial charge is 0.343 e. The van der Waals surface area contributed by atoms with Crippen molar-refractivity contribution in [1.82, 2.24) is 15.3 Å². The molecule has 0 bridgehead atoms. The number of hydrogen-bond acceptors (Lipinski definition) is 2. The monoisotopic (exact) mass is 271 g/mol. The van der Waals surface area contributed by atoms with E-state index in [1.54, 1.807) is 0 Å². The number of hydrogen-bond donors (Lipinski definition) is 2. The zero-order chi connectivity index (χ0) is 11.0. The van der Waals surface area contributed by atoms with Crippen LogP contribution in [-0.4, -0.2) is 23.1 Å². The van der Waals surface area contributed by atoms with Gasteiger partial charge >= 0.3 is 0 Å². The van der Waals surface area contributed by atoms with E-state index in [1.807, 2.05) is 12.1 Å². The number of fused-ring (bicyclic) bond motifs is 1. The lowest BCUT2D eigenvalue weighted by Gasteiger charge is -2.21. The Morgan fingerprint density at radius 1 is 1.35 bits per heavy atom. The van der Waals surface area contributed by atoms with Gasteiger partial charge in [-0.15, -0.1) is 12.4 Å². The molecule has 5 heteroatoms. The fourth-order valence-electron chi connectivity index (χ4n) is 2.34. The summed E-state index contributed by atoms with van der Waals surface area (Å²) in [5, 5.41) is 5.11. The third-order valence-electron chi connectivity index (χ3n) is 3.20. The van der Waals surface area contributed by atoms with Crippen molar-refractivity contribution in [2.75, 3.05) is 13.1 Å². The molecule has 1 aliphatic heterocycles. The maximum Gasteiger partial charge on any atom is 0.139 e. The summed E-state index contributed by atoms with van der Waals surface area (Å²) in [6, 6.07) is 6.04. The maximum atomic E-state index is 5.87. The molecule has 3 heterocycles. The smallest absolute Gasteiger partial charge is 0.139 e. The second-order valence-electron chi connectivity index (χ2n) is 4.34. The van der Waals surface area contributed by atoms with E-state index in [-0.39, 0.29) is 12.4 Å². The topological polar surface area (TPSA) is 40.7 Å². The van der Waals surface area contributed by atoms with Crippen molar-refractivity contribution >= 4 is 35.0 Å². The fourth-order valence-corrected chi connectivity index (χ4v) is 2.49. The predicted molar refractivity (Wildman–Crippen MR) is 73.2 cm³/mol. The molecular weight excluding hydrogens is 257 g/mol. The Bertz CT molecular complexity index is 503. The van der Waals surface area contributed by atoms with Crippen molar-refractivity contribution in [1.29, 1.82) is 0 Å². The molecule has 0 saturated carbocycles. The highest BCUT2D eigenvalue weighted by Gasteiger charge is 2.17. The normalized spacial score (nSPS) is 20.2. The van der Waals surface area contributed by atoms with Crippen molar-refractivity contribution in [2.45, 2.75) is 18.8 Å². The van der Waals surface area contributed by atoms with Crippen LogP contribution in [0.1, 0.15) is 24.5 Å². The molecule has 1 unspecified atom stereocenters. The van der Waals surface area contributed by atoms with Crippen LogP contribution >= 0.6 is 24.0 Å². The lowest BCUT2D eigenvalue weighted by molar-refractivity contribution is 0.456. The first-order valence-corrected chi connectivity index (χ1v) is 6.06. The molecular formula is C12H15Cl2N3. The predicted octanol–water partition coefficient (Wildman–Crippen LogP) is 3.11. The number of halogens is 2. The molecule has 1 atom stereocenters. The van der Waals surface area contributed by atoms with Gasteiger partial charge in [0.25, 0.3) is 0 Å². The average molecular weight is 272 g/mol. The summed E-state index contributed by atoms with van der Waals surface area (Å²) in [7, 11) is 0. The number of nitrogens with one attached hydrogen (secondary N) is 2. The van der Waals surface area contributed by atoms with Crippen molar-refractivity contribution in [3.8, 4) is 0 Å². The first kappa shape index (κ1) is 12.7. The SMILES string of the molecule is Cl.Clc1ccc2cc(C3CCCNC3)[nH]c2n1. The summed E-state index contributed by atoms with van der Waals surface area (Å²) >= 11 is 5.87. The number of rotatable bonds is 1. The summed E-state index contributed by atoms with van der Waals surface area (Å²) < 4.78 is 0. The molecule has 2 N–H and O–H groups in total. The molecule has 0 spiro atoms. The van der Waals surface area contributed by atoms with Crippen LogP contribution in [-0.2, 0) is 0 Å². The minimum absolute atomic E-state index is 0. The van der Waals surface area contributed by atoms with Crippen LogP contribution in [0.4, 0.5) is 0 Å². The van der Waals surface area contributed by atoms with Gasteiger partial charge in [-0.2, -0.15) is 0 Å². The van der Waals surface area contributed by atoms with Gasteiger partial charge in [-0.3, -0.25) is 0 Å². The quantitative estimate of drug-likeness (QED) is 0.783. The Kier molecular flexibility index (Phi) is 3.92. The van der Waals surface area contributed by atoms with Gasteiger partial charge < -0.3 is 10.3 Å². The van der Waals surface area contributed by atoms with Crippen LogP contribution in [0.25, 0.3) is 11.0 Å². The summed E-state index contributed by atoms with van der Waals surface area (Å²) in [5.74, 6) is 0.585. The van der Waals surface area contributed by atoms with Gasteiger partial charge in [0, 0.05) is 23.5 Å². The van der Waals surface area contributed by atoms with E-state index in [2.05, 4.69) is 21.4 Å². The fraction of sp³-hybridized carbons (Fsp3) is 0.417. The van der Waals surface area contributed by atoms with E-state index in [0.717, 1.165) is 24.1 Å². The molecule has 1 saturated heterocycles. The van der Waals surface area contributed by atoms with Crippen molar-refractivity contribution in [2.24, 2.45) is 0 Å². The van der Waals surface area contributed by atoms with Crippen LogP contribution in [0.5, 0.6) is 0 Å². The van der Waals surface area contributed by atoms with Crippen molar-refractivity contribution < 1.29 is 0 Å². The van der Waals surface area contributed by atoms with Gasteiger partial charge in [0.1, 0.15) is 10.8 Å². The van der Waals surface area contributed by atoms with Crippen LogP contribution in [0.3, 0.4) is 0 Å². The number of pyridine rings is 1. The van der Waals surface area contributed by atoms with E-state index >= 15 is 0 Å². The minimum atomic E-state index is 0. The standard InChI is InChI=1S/C12H14ClN3.ClH/c13-11-4-3-8-6-10(15-12(8)16-11)9-2-1-5-14-7-9;/h3-4,6,9,14H,1-2,5,7H2,(H,15,16);1H. The molecule has 0 radical (unpaired) electrons. The highest BCUT2D eigenvalue weighted by atomic mass is 35.5. The van der Waals surface area contributed by atoms with Crippen LogP contribution in [0.15, 0.2) is 18.2 Å². The van der Waals surface area contributed by atoms with Gasteiger partial charge in [0.2, 0.25) is 0 Å². The third-order valence-corrected chi connectivity index (χ3v) is 3.41. The van der Waals surface area contributed by atoms with Gasteiger partial charge in [0.05, 0.1) is 0 Å².